The molecule has 5 unspecified atom stereocenters. The fraction of sp³-hybridized carbons (Fsp3) is 0.706. The standard InChI is InChI=1S/C17H30N4O9/c1-3-8(2)13(16(28)19-10(17(29)30)4-5-12(24)25)21-15(27)11(7-23)20-14(26)9(18)6-22/h8-11,13,22-23H,3-7,18H2,1-2H3,(H,19,28)(H,20,26)(H,21,27)(H,24,25)(H,29,30). The first-order valence-electron chi connectivity index (χ1n) is 9.31. The van der Waals surface area contributed by atoms with Crippen molar-refractivity contribution in [1.29, 1.82) is 0 Å². The van der Waals surface area contributed by atoms with Crippen LogP contribution in [0, 0.1) is 5.92 Å². The molecule has 0 fully saturated rings. The summed E-state index contributed by atoms with van der Waals surface area (Å²) in [5, 5.41) is 42.8. The Kier molecular flexibility index (Phi) is 12.2. The Labute approximate surface area is 173 Å². The Bertz CT molecular complexity index is 628. The maximum atomic E-state index is 12.6. The zero-order valence-corrected chi connectivity index (χ0v) is 16.8. The lowest BCUT2D eigenvalue weighted by Crippen LogP contribution is -2.59. The van der Waals surface area contributed by atoms with Crippen LogP contribution in [-0.2, 0) is 24.0 Å². The topological polar surface area (TPSA) is 228 Å². The molecule has 0 spiro atoms. The molecule has 0 aliphatic heterocycles. The van der Waals surface area contributed by atoms with Gasteiger partial charge in [-0.2, -0.15) is 0 Å². The van der Waals surface area contributed by atoms with Crippen molar-refractivity contribution in [2.45, 2.75) is 57.3 Å². The molecular formula is C17H30N4O9. The summed E-state index contributed by atoms with van der Waals surface area (Å²) in [6.07, 6.45) is -0.427. The van der Waals surface area contributed by atoms with E-state index in [1.807, 2.05) is 0 Å². The van der Waals surface area contributed by atoms with Crippen molar-refractivity contribution in [1.82, 2.24) is 16.0 Å². The third-order valence-corrected chi connectivity index (χ3v) is 4.40. The van der Waals surface area contributed by atoms with E-state index in [-0.39, 0.29) is 6.42 Å². The first-order chi connectivity index (χ1) is 14.0. The molecule has 0 aliphatic rings. The molecule has 0 aromatic carbocycles. The molecule has 172 valence electrons. The van der Waals surface area contributed by atoms with E-state index in [1.165, 1.54) is 0 Å². The number of amides is 3. The Morgan fingerprint density at radius 2 is 1.43 bits per heavy atom. The summed E-state index contributed by atoms with van der Waals surface area (Å²) in [4.78, 5) is 58.7. The van der Waals surface area contributed by atoms with Gasteiger partial charge in [-0.05, 0) is 12.3 Å². The third kappa shape index (κ3) is 9.15. The van der Waals surface area contributed by atoms with Crippen molar-refractivity contribution in [3.63, 3.8) is 0 Å². The number of hydrogen-bond donors (Lipinski definition) is 8. The monoisotopic (exact) mass is 434 g/mol. The molecule has 9 N–H and O–H groups in total. The van der Waals surface area contributed by atoms with Gasteiger partial charge in [-0.25, -0.2) is 4.79 Å². The van der Waals surface area contributed by atoms with Gasteiger partial charge in [0.15, 0.2) is 0 Å². The van der Waals surface area contributed by atoms with Crippen molar-refractivity contribution in [2.24, 2.45) is 11.7 Å². The minimum atomic E-state index is -1.48. The van der Waals surface area contributed by atoms with E-state index >= 15 is 0 Å². The summed E-state index contributed by atoms with van der Waals surface area (Å²) in [5.41, 5.74) is 5.33. The van der Waals surface area contributed by atoms with Crippen molar-refractivity contribution in [3.8, 4) is 0 Å². The van der Waals surface area contributed by atoms with Crippen LogP contribution in [0.2, 0.25) is 0 Å². The summed E-state index contributed by atoms with van der Waals surface area (Å²) in [7, 11) is 0. The van der Waals surface area contributed by atoms with Crippen LogP contribution in [0.1, 0.15) is 33.1 Å². The van der Waals surface area contributed by atoms with E-state index in [4.69, 9.17) is 15.9 Å². The highest BCUT2D eigenvalue weighted by molar-refractivity contribution is 5.94. The van der Waals surface area contributed by atoms with Crippen LogP contribution in [0.5, 0.6) is 0 Å². The normalized spacial score (nSPS) is 15.8. The molecule has 0 aliphatic carbocycles. The fourth-order valence-corrected chi connectivity index (χ4v) is 2.30. The van der Waals surface area contributed by atoms with Gasteiger partial charge in [-0.15, -0.1) is 0 Å². The fourth-order valence-electron chi connectivity index (χ4n) is 2.30. The predicted octanol–water partition coefficient (Wildman–Crippen LogP) is -3.25. The van der Waals surface area contributed by atoms with Crippen molar-refractivity contribution in [3.05, 3.63) is 0 Å². The number of carbonyl (C=O) groups is 5. The molecule has 30 heavy (non-hydrogen) atoms. The van der Waals surface area contributed by atoms with E-state index in [0.29, 0.717) is 6.42 Å². The van der Waals surface area contributed by atoms with Crippen LogP contribution in [0.15, 0.2) is 0 Å². The Morgan fingerprint density at radius 1 is 0.867 bits per heavy atom. The number of hydrogen-bond acceptors (Lipinski definition) is 8. The maximum Gasteiger partial charge on any atom is 0.326 e. The van der Waals surface area contributed by atoms with Crippen LogP contribution in [0.25, 0.3) is 0 Å². The second-order valence-corrected chi connectivity index (χ2v) is 6.74. The van der Waals surface area contributed by atoms with E-state index in [9.17, 15) is 34.2 Å². The second kappa shape index (κ2) is 13.5. The molecule has 5 atom stereocenters. The van der Waals surface area contributed by atoms with Gasteiger partial charge in [0.05, 0.1) is 13.2 Å². The van der Waals surface area contributed by atoms with Crippen LogP contribution in [0.4, 0.5) is 0 Å². The Hall–Kier alpha value is -2.77. The molecule has 0 saturated heterocycles. The highest BCUT2D eigenvalue weighted by atomic mass is 16.4. The summed E-state index contributed by atoms with van der Waals surface area (Å²) >= 11 is 0. The highest BCUT2D eigenvalue weighted by Crippen LogP contribution is 2.10. The van der Waals surface area contributed by atoms with E-state index in [1.54, 1.807) is 13.8 Å². The molecule has 0 aromatic rings. The molecule has 0 heterocycles. The number of aliphatic hydroxyl groups excluding tert-OH is 2. The molecule has 0 rings (SSSR count). The lowest BCUT2D eigenvalue weighted by molar-refractivity contribution is -0.143. The molecule has 0 aromatic heterocycles. The van der Waals surface area contributed by atoms with Crippen LogP contribution in [-0.4, -0.2) is 87.5 Å². The van der Waals surface area contributed by atoms with Crippen molar-refractivity contribution < 1.29 is 44.4 Å². The smallest absolute Gasteiger partial charge is 0.326 e. The second-order valence-electron chi connectivity index (χ2n) is 6.74. The first-order valence-corrected chi connectivity index (χ1v) is 9.31. The number of nitrogens with two attached hydrogens (primary N) is 1. The van der Waals surface area contributed by atoms with Gasteiger partial charge in [0, 0.05) is 6.42 Å². The first kappa shape index (κ1) is 27.2. The molecule has 13 nitrogen and oxygen atoms in total. The number of carbonyl (C=O) groups excluding carboxylic acids is 3. The quantitative estimate of drug-likeness (QED) is 0.136. The molecular weight excluding hydrogens is 404 g/mol. The SMILES string of the molecule is CCC(C)C(NC(=O)C(CO)NC(=O)C(N)CO)C(=O)NC(CCC(=O)O)C(=O)O. The Balaban J connectivity index is 5.31. The average Bonchev–Trinajstić information content (AvgIpc) is 2.70. The molecule has 0 radical (unpaired) electrons. The van der Waals surface area contributed by atoms with Gasteiger partial charge < -0.3 is 42.1 Å². The largest absolute Gasteiger partial charge is 0.481 e. The lowest BCUT2D eigenvalue weighted by atomic mass is 9.97. The van der Waals surface area contributed by atoms with E-state index < -0.39 is 79.4 Å². The van der Waals surface area contributed by atoms with Crippen molar-refractivity contribution >= 4 is 29.7 Å². The third-order valence-electron chi connectivity index (χ3n) is 4.40. The molecule has 0 bridgehead atoms. The van der Waals surface area contributed by atoms with Gasteiger partial charge in [-0.1, -0.05) is 20.3 Å². The summed E-state index contributed by atoms with van der Waals surface area (Å²) in [6, 6.07) is -5.47. The van der Waals surface area contributed by atoms with Gasteiger partial charge in [0.1, 0.15) is 24.2 Å². The van der Waals surface area contributed by atoms with Gasteiger partial charge in [0.2, 0.25) is 17.7 Å². The van der Waals surface area contributed by atoms with Crippen LogP contribution >= 0.6 is 0 Å². The lowest BCUT2D eigenvalue weighted by Gasteiger charge is -2.27. The number of rotatable bonds is 14. The molecule has 13 heteroatoms. The number of aliphatic carboxylic acids is 2. The molecule has 0 saturated carbocycles. The van der Waals surface area contributed by atoms with Gasteiger partial charge in [0.25, 0.3) is 0 Å². The Morgan fingerprint density at radius 3 is 1.87 bits per heavy atom. The van der Waals surface area contributed by atoms with Gasteiger partial charge in [-0.3, -0.25) is 19.2 Å². The maximum absolute atomic E-state index is 12.6. The number of carboxylic acids is 2. The van der Waals surface area contributed by atoms with Crippen LogP contribution < -0.4 is 21.7 Å². The van der Waals surface area contributed by atoms with Gasteiger partial charge >= 0.3 is 11.9 Å². The zero-order chi connectivity index (χ0) is 23.4. The minimum Gasteiger partial charge on any atom is -0.481 e. The average molecular weight is 434 g/mol. The van der Waals surface area contributed by atoms with Crippen LogP contribution in [0.3, 0.4) is 0 Å². The van der Waals surface area contributed by atoms with Crippen molar-refractivity contribution in [2.75, 3.05) is 13.2 Å². The van der Waals surface area contributed by atoms with E-state index in [0.717, 1.165) is 0 Å². The number of aliphatic hydroxyl groups is 2. The summed E-state index contributed by atoms with van der Waals surface area (Å²) in [6.45, 7) is 1.84. The molecule has 3 amide bonds. The predicted molar refractivity (Wildman–Crippen MR) is 102 cm³/mol. The zero-order valence-electron chi connectivity index (χ0n) is 16.8. The number of nitrogens with one attached hydrogen (secondary N) is 3. The summed E-state index contributed by atoms with van der Waals surface area (Å²) < 4.78 is 0. The number of carboxylic acid groups (broad SMARTS) is 2. The minimum absolute atomic E-state index is 0.355. The van der Waals surface area contributed by atoms with E-state index in [2.05, 4.69) is 16.0 Å². The highest BCUT2D eigenvalue weighted by Gasteiger charge is 2.32. The summed E-state index contributed by atoms with van der Waals surface area (Å²) in [5.74, 6) is -5.80.